The fraction of sp³-hybridized carbons (Fsp3) is 0.281. The third-order valence-electron chi connectivity index (χ3n) is 7.39. The van der Waals surface area contributed by atoms with E-state index in [1.165, 1.54) is 0 Å². The number of rotatable bonds is 8. The molecule has 40 heavy (non-hydrogen) atoms. The van der Waals surface area contributed by atoms with E-state index in [0.717, 1.165) is 63.5 Å². The number of carbonyl (C=O) groups is 1. The third kappa shape index (κ3) is 5.10. The lowest BCUT2D eigenvalue weighted by molar-refractivity contribution is -0.142. The Labute approximate surface area is 232 Å². The molecule has 0 spiro atoms. The Hall–Kier alpha value is -4.43. The molecule has 1 fully saturated rings. The predicted molar refractivity (Wildman–Crippen MR) is 155 cm³/mol. The van der Waals surface area contributed by atoms with Gasteiger partial charge in [-0.05, 0) is 60.5 Å². The first-order valence-corrected chi connectivity index (χ1v) is 13.7. The molecule has 5 aromatic rings. The van der Waals surface area contributed by atoms with Crippen molar-refractivity contribution in [2.24, 2.45) is 0 Å². The number of ether oxygens (including phenoxy) is 3. The molecule has 3 aromatic carbocycles. The van der Waals surface area contributed by atoms with Crippen LogP contribution in [0.5, 0.6) is 5.75 Å². The Balaban J connectivity index is 1.39. The van der Waals surface area contributed by atoms with Crippen LogP contribution in [0, 0.1) is 0 Å². The minimum Gasteiger partial charge on any atom is -0.487 e. The van der Waals surface area contributed by atoms with Gasteiger partial charge in [-0.15, -0.1) is 0 Å². The molecule has 8 heteroatoms. The van der Waals surface area contributed by atoms with E-state index in [1.54, 1.807) is 13.1 Å². The minimum atomic E-state index is -0.277. The molecule has 3 heterocycles. The standard InChI is InChI=1S/C32H32N4O4/c1-2-39-31(37)18-22-7-3-4-11-30(22)40-20-28-27-17-21(24-9-5-10-26-25(24)14-15-34-32(26)33)12-13-29(27)36(35-28)23-8-6-16-38-19-23/h3-5,7,9-15,17,23H,2,6,8,16,18-20H2,1H3,(H2,33,34). The van der Waals surface area contributed by atoms with Crippen LogP contribution in [0.3, 0.4) is 0 Å². The Morgan fingerprint density at radius 2 is 1.98 bits per heavy atom. The van der Waals surface area contributed by atoms with Crippen LogP contribution in [0.1, 0.15) is 37.1 Å². The van der Waals surface area contributed by atoms with Crippen molar-refractivity contribution in [2.45, 2.75) is 38.8 Å². The minimum absolute atomic E-state index is 0.155. The summed E-state index contributed by atoms with van der Waals surface area (Å²) in [6, 6.07) is 22.3. The molecule has 204 valence electrons. The van der Waals surface area contributed by atoms with Gasteiger partial charge < -0.3 is 19.9 Å². The van der Waals surface area contributed by atoms with Crippen LogP contribution < -0.4 is 10.5 Å². The summed E-state index contributed by atoms with van der Waals surface area (Å²) in [5.41, 5.74) is 11.0. The Bertz CT molecular complexity index is 1670. The first kappa shape index (κ1) is 25.8. The van der Waals surface area contributed by atoms with Gasteiger partial charge in [0, 0.05) is 29.1 Å². The van der Waals surface area contributed by atoms with Gasteiger partial charge in [-0.3, -0.25) is 9.48 Å². The summed E-state index contributed by atoms with van der Waals surface area (Å²) in [6.07, 6.45) is 3.91. The molecule has 8 nitrogen and oxygen atoms in total. The first-order chi connectivity index (χ1) is 19.6. The highest BCUT2D eigenvalue weighted by molar-refractivity contribution is 6.02. The maximum atomic E-state index is 12.2. The number of carbonyl (C=O) groups excluding carboxylic acids is 1. The number of nitrogens with zero attached hydrogens (tertiary/aromatic N) is 3. The second-order valence-electron chi connectivity index (χ2n) is 9.97. The number of pyridine rings is 1. The van der Waals surface area contributed by atoms with Crippen LogP contribution in [-0.4, -0.2) is 40.6 Å². The van der Waals surface area contributed by atoms with Crippen LogP contribution in [0.25, 0.3) is 32.8 Å². The molecule has 2 N–H and O–H groups in total. The summed E-state index contributed by atoms with van der Waals surface area (Å²) < 4.78 is 19.3. The zero-order chi connectivity index (χ0) is 27.5. The lowest BCUT2D eigenvalue weighted by atomic mass is 9.97. The van der Waals surface area contributed by atoms with Crippen LogP contribution >= 0.6 is 0 Å². The van der Waals surface area contributed by atoms with E-state index >= 15 is 0 Å². The number of anilines is 1. The quantitative estimate of drug-likeness (QED) is 0.248. The topological polar surface area (TPSA) is 101 Å². The summed E-state index contributed by atoms with van der Waals surface area (Å²) in [6.45, 7) is 3.82. The van der Waals surface area contributed by atoms with Gasteiger partial charge in [0.25, 0.3) is 0 Å². The third-order valence-corrected chi connectivity index (χ3v) is 7.39. The first-order valence-electron chi connectivity index (χ1n) is 13.7. The summed E-state index contributed by atoms with van der Waals surface area (Å²) in [5, 5.41) is 8.04. The zero-order valence-corrected chi connectivity index (χ0v) is 22.5. The normalized spacial score (nSPS) is 15.4. The fourth-order valence-electron chi connectivity index (χ4n) is 5.46. The monoisotopic (exact) mass is 536 g/mol. The van der Waals surface area contributed by atoms with Gasteiger partial charge >= 0.3 is 5.97 Å². The Morgan fingerprint density at radius 3 is 2.83 bits per heavy atom. The second kappa shape index (κ2) is 11.4. The van der Waals surface area contributed by atoms with Crippen molar-refractivity contribution in [3.8, 4) is 16.9 Å². The van der Waals surface area contributed by atoms with Gasteiger partial charge in [0.05, 0.1) is 31.2 Å². The summed E-state index contributed by atoms with van der Waals surface area (Å²) in [5.74, 6) is 0.884. The van der Waals surface area contributed by atoms with Crippen molar-refractivity contribution < 1.29 is 19.0 Å². The maximum absolute atomic E-state index is 12.2. The second-order valence-corrected chi connectivity index (χ2v) is 9.97. The van der Waals surface area contributed by atoms with E-state index in [9.17, 15) is 4.79 Å². The van der Waals surface area contributed by atoms with Crippen molar-refractivity contribution in [3.63, 3.8) is 0 Å². The lowest BCUT2D eigenvalue weighted by Gasteiger charge is -2.23. The highest BCUT2D eigenvalue weighted by Gasteiger charge is 2.22. The number of nitrogens with two attached hydrogens (primary N) is 1. The van der Waals surface area contributed by atoms with Crippen LogP contribution in [-0.2, 0) is 27.3 Å². The van der Waals surface area contributed by atoms with Crippen LogP contribution in [0.15, 0.2) is 72.9 Å². The van der Waals surface area contributed by atoms with Gasteiger partial charge in [-0.1, -0.05) is 42.5 Å². The highest BCUT2D eigenvalue weighted by Crippen LogP contribution is 2.35. The molecule has 0 radical (unpaired) electrons. The summed E-state index contributed by atoms with van der Waals surface area (Å²) in [7, 11) is 0. The summed E-state index contributed by atoms with van der Waals surface area (Å²) >= 11 is 0. The molecule has 2 aromatic heterocycles. The fourth-order valence-corrected chi connectivity index (χ4v) is 5.46. The van der Waals surface area contributed by atoms with Crippen LogP contribution in [0.2, 0.25) is 0 Å². The van der Waals surface area contributed by atoms with Gasteiger partial charge in [-0.2, -0.15) is 5.10 Å². The molecular formula is C32H32N4O4. The molecule has 0 saturated carbocycles. The smallest absolute Gasteiger partial charge is 0.310 e. The number of para-hydroxylation sites is 1. The molecule has 0 amide bonds. The number of benzene rings is 3. The molecule has 6 rings (SSSR count). The van der Waals surface area contributed by atoms with Crippen molar-refractivity contribution in [3.05, 3.63) is 84.2 Å². The number of fused-ring (bicyclic) bond motifs is 2. The SMILES string of the molecule is CCOC(=O)Cc1ccccc1OCc1nn(C2CCCOC2)c2ccc(-c3cccc4c(N)nccc34)cc12. The van der Waals surface area contributed by atoms with Crippen molar-refractivity contribution >= 4 is 33.5 Å². The van der Waals surface area contributed by atoms with Crippen molar-refractivity contribution in [2.75, 3.05) is 25.6 Å². The van der Waals surface area contributed by atoms with Gasteiger partial charge in [0.1, 0.15) is 23.9 Å². The highest BCUT2D eigenvalue weighted by atomic mass is 16.5. The van der Waals surface area contributed by atoms with E-state index in [4.69, 9.17) is 25.0 Å². The predicted octanol–water partition coefficient (Wildman–Crippen LogP) is 5.87. The molecule has 0 aliphatic carbocycles. The van der Waals surface area contributed by atoms with E-state index in [-0.39, 0.29) is 25.0 Å². The molecule has 1 atom stereocenters. The zero-order valence-electron chi connectivity index (χ0n) is 22.5. The number of nitrogen functional groups attached to an aromatic ring is 1. The lowest BCUT2D eigenvalue weighted by Crippen LogP contribution is -2.22. The Morgan fingerprint density at radius 1 is 1.07 bits per heavy atom. The molecular weight excluding hydrogens is 504 g/mol. The molecule has 1 saturated heterocycles. The van der Waals surface area contributed by atoms with Gasteiger partial charge in [-0.25, -0.2) is 4.98 Å². The van der Waals surface area contributed by atoms with E-state index in [2.05, 4.69) is 33.9 Å². The van der Waals surface area contributed by atoms with Gasteiger partial charge in [0.2, 0.25) is 0 Å². The number of hydrogen-bond donors (Lipinski definition) is 1. The average molecular weight is 537 g/mol. The average Bonchev–Trinajstić information content (AvgIpc) is 3.35. The maximum Gasteiger partial charge on any atom is 0.310 e. The van der Waals surface area contributed by atoms with Crippen molar-refractivity contribution in [1.82, 2.24) is 14.8 Å². The van der Waals surface area contributed by atoms with E-state index in [1.807, 2.05) is 42.5 Å². The van der Waals surface area contributed by atoms with Gasteiger partial charge in [0.15, 0.2) is 0 Å². The van der Waals surface area contributed by atoms with Crippen molar-refractivity contribution in [1.29, 1.82) is 0 Å². The van der Waals surface area contributed by atoms with E-state index < -0.39 is 0 Å². The number of hydrogen-bond acceptors (Lipinski definition) is 7. The summed E-state index contributed by atoms with van der Waals surface area (Å²) in [4.78, 5) is 16.4. The van der Waals surface area contributed by atoms with E-state index in [0.29, 0.717) is 24.8 Å². The largest absolute Gasteiger partial charge is 0.487 e. The van der Waals surface area contributed by atoms with Crippen LogP contribution in [0.4, 0.5) is 5.82 Å². The molecule has 0 bridgehead atoms. The molecule has 1 aliphatic rings. The Kier molecular flexibility index (Phi) is 7.33. The number of esters is 1. The molecule has 1 unspecified atom stereocenters. The molecule has 1 aliphatic heterocycles. The number of aromatic nitrogens is 3.